The Hall–Kier alpha value is -2.83. The van der Waals surface area contributed by atoms with Crippen LogP contribution in [0.1, 0.15) is 18.4 Å². The maximum absolute atomic E-state index is 11.6. The molecule has 0 bridgehead atoms. The Morgan fingerprint density at radius 1 is 1.29 bits per heavy atom. The molecule has 24 heavy (non-hydrogen) atoms. The van der Waals surface area contributed by atoms with Crippen molar-refractivity contribution in [3.05, 3.63) is 42.1 Å². The van der Waals surface area contributed by atoms with Crippen LogP contribution in [0.25, 0.3) is 0 Å². The molecule has 3 N–H and O–H groups in total. The number of methoxy groups -OCH3 is 1. The fraction of sp³-hybridized carbons (Fsp3) is 0.353. The molecule has 0 saturated carbocycles. The van der Waals surface area contributed by atoms with Gasteiger partial charge in [0.15, 0.2) is 0 Å². The molecule has 1 aromatic carbocycles. The van der Waals surface area contributed by atoms with Crippen molar-refractivity contribution in [2.45, 2.75) is 18.9 Å². The minimum absolute atomic E-state index is 0.0130. The Labute approximate surface area is 140 Å². The fourth-order valence-corrected chi connectivity index (χ4v) is 3.08. The number of hydrogen-bond donors (Lipinski definition) is 2. The zero-order valence-corrected chi connectivity index (χ0v) is 13.8. The summed E-state index contributed by atoms with van der Waals surface area (Å²) in [4.78, 5) is 22.2. The van der Waals surface area contributed by atoms with Gasteiger partial charge in [-0.05, 0) is 23.8 Å². The van der Waals surface area contributed by atoms with Gasteiger partial charge in [-0.25, -0.2) is 4.98 Å². The van der Waals surface area contributed by atoms with E-state index in [1.807, 2.05) is 29.2 Å². The second kappa shape index (κ2) is 6.74. The van der Waals surface area contributed by atoms with E-state index in [9.17, 15) is 4.79 Å². The molecule has 1 fully saturated rings. The minimum Gasteiger partial charge on any atom is -0.497 e. The first-order valence-electron chi connectivity index (χ1n) is 7.81. The summed E-state index contributed by atoms with van der Waals surface area (Å²) in [6.45, 7) is 2.88. The highest BCUT2D eigenvalue weighted by Gasteiger charge is 2.35. The Kier molecular flexibility index (Phi) is 4.50. The number of aromatic nitrogens is 2. The van der Waals surface area contributed by atoms with Crippen LogP contribution in [-0.2, 0) is 4.79 Å². The van der Waals surface area contributed by atoms with Gasteiger partial charge in [0.2, 0.25) is 11.9 Å². The second-order valence-electron chi connectivity index (χ2n) is 5.87. The van der Waals surface area contributed by atoms with Gasteiger partial charge in [-0.3, -0.25) is 4.79 Å². The molecular weight excluding hydrogens is 306 g/mol. The van der Waals surface area contributed by atoms with Crippen LogP contribution in [0.2, 0.25) is 0 Å². The van der Waals surface area contributed by atoms with Crippen molar-refractivity contribution in [2.24, 2.45) is 0 Å². The molecular formula is C17H21N5O2. The number of nitrogens with zero attached hydrogens (tertiary/aromatic N) is 3. The highest BCUT2D eigenvalue weighted by atomic mass is 16.5. The van der Waals surface area contributed by atoms with E-state index in [2.05, 4.69) is 15.3 Å². The maximum atomic E-state index is 11.6. The Morgan fingerprint density at radius 2 is 2.04 bits per heavy atom. The topological polar surface area (TPSA) is 93.4 Å². The third-order valence-electron chi connectivity index (χ3n) is 4.20. The molecule has 0 unspecified atom stereocenters. The first kappa shape index (κ1) is 16.0. The van der Waals surface area contributed by atoms with Crippen molar-refractivity contribution >= 4 is 17.7 Å². The maximum Gasteiger partial charge on any atom is 0.227 e. The van der Waals surface area contributed by atoms with Crippen molar-refractivity contribution in [3.63, 3.8) is 0 Å². The molecule has 3 rings (SSSR count). The van der Waals surface area contributed by atoms with Crippen LogP contribution in [0.3, 0.4) is 0 Å². The molecule has 0 radical (unpaired) electrons. The lowest BCUT2D eigenvalue weighted by molar-refractivity contribution is -0.119. The van der Waals surface area contributed by atoms with E-state index < -0.39 is 0 Å². The molecule has 2 atom stereocenters. The highest BCUT2D eigenvalue weighted by Crippen LogP contribution is 2.31. The van der Waals surface area contributed by atoms with Crippen LogP contribution in [0.15, 0.2) is 36.5 Å². The van der Waals surface area contributed by atoms with Gasteiger partial charge in [0, 0.05) is 32.1 Å². The average Bonchev–Trinajstić information content (AvgIpc) is 2.98. The van der Waals surface area contributed by atoms with E-state index in [1.54, 1.807) is 19.4 Å². The zero-order chi connectivity index (χ0) is 17.1. The number of hydrogen-bond acceptors (Lipinski definition) is 6. The summed E-state index contributed by atoms with van der Waals surface area (Å²) in [6.07, 6.45) is 1.64. The molecule has 1 aromatic heterocycles. The van der Waals surface area contributed by atoms with E-state index in [-0.39, 0.29) is 17.9 Å². The molecule has 0 spiro atoms. The van der Waals surface area contributed by atoms with Crippen LogP contribution < -0.4 is 20.7 Å². The number of anilines is 2. The van der Waals surface area contributed by atoms with Gasteiger partial charge in [-0.1, -0.05) is 12.1 Å². The highest BCUT2D eigenvalue weighted by molar-refractivity contribution is 5.73. The Bertz CT molecular complexity index is 719. The second-order valence-corrected chi connectivity index (χ2v) is 5.87. The van der Waals surface area contributed by atoms with E-state index in [1.165, 1.54) is 6.92 Å². The summed E-state index contributed by atoms with van der Waals surface area (Å²) in [7, 11) is 1.64. The number of rotatable bonds is 4. The van der Waals surface area contributed by atoms with Crippen molar-refractivity contribution < 1.29 is 9.53 Å². The zero-order valence-electron chi connectivity index (χ0n) is 13.8. The first-order valence-corrected chi connectivity index (χ1v) is 7.81. The van der Waals surface area contributed by atoms with Gasteiger partial charge in [-0.2, -0.15) is 4.98 Å². The molecule has 2 heterocycles. The van der Waals surface area contributed by atoms with E-state index in [0.29, 0.717) is 24.9 Å². The third kappa shape index (κ3) is 3.40. The average molecular weight is 327 g/mol. The first-order chi connectivity index (χ1) is 11.6. The Balaban J connectivity index is 1.86. The molecule has 126 valence electrons. The van der Waals surface area contributed by atoms with Crippen molar-refractivity contribution in [3.8, 4) is 5.75 Å². The number of nitrogens with two attached hydrogens (primary N) is 1. The normalized spacial score (nSPS) is 20.0. The number of nitrogen functional groups attached to an aromatic ring is 1. The SMILES string of the molecule is COc1ccc([C@@H]2CN(c3nccc(N)n3)C[C@H]2NC(C)=O)cc1. The van der Waals surface area contributed by atoms with Crippen molar-refractivity contribution in [1.29, 1.82) is 0 Å². The van der Waals surface area contributed by atoms with Crippen LogP contribution in [0.5, 0.6) is 5.75 Å². The molecule has 1 aliphatic heterocycles. The third-order valence-corrected chi connectivity index (χ3v) is 4.20. The largest absolute Gasteiger partial charge is 0.497 e. The smallest absolute Gasteiger partial charge is 0.227 e. The summed E-state index contributed by atoms with van der Waals surface area (Å²) >= 11 is 0. The molecule has 2 aromatic rings. The van der Waals surface area contributed by atoms with E-state index >= 15 is 0 Å². The van der Waals surface area contributed by atoms with E-state index in [4.69, 9.17) is 10.5 Å². The van der Waals surface area contributed by atoms with Gasteiger partial charge in [0.05, 0.1) is 13.2 Å². The summed E-state index contributed by atoms with van der Waals surface area (Å²) in [5.41, 5.74) is 6.90. The number of benzene rings is 1. The number of carbonyl (C=O) groups is 1. The summed E-state index contributed by atoms with van der Waals surface area (Å²) in [5.74, 6) is 1.92. The molecule has 1 saturated heterocycles. The van der Waals surface area contributed by atoms with E-state index in [0.717, 1.165) is 11.3 Å². The minimum atomic E-state index is -0.0474. The lowest BCUT2D eigenvalue weighted by Crippen LogP contribution is -2.38. The molecule has 1 amide bonds. The van der Waals surface area contributed by atoms with Crippen LogP contribution in [-0.4, -0.2) is 42.1 Å². The summed E-state index contributed by atoms with van der Waals surface area (Å²) < 4.78 is 5.21. The predicted molar refractivity (Wildman–Crippen MR) is 92.0 cm³/mol. The van der Waals surface area contributed by atoms with Gasteiger partial charge in [0.25, 0.3) is 0 Å². The van der Waals surface area contributed by atoms with Crippen LogP contribution >= 0.6 is 0 Å². The van der Waals surface area contributed by atoms with Gasteiger partial charge < -0.3 is 20.7 Å². The number of carbonyl (C=O) groups excluding carboxylic acids is 1. The number of nitrogens with one attached hydrogen (secondary N) is 1. The summed E-state index contributed by atoms with van der Waals surface area (Å²) in [6, 6.07) is 9.57. The van der Waals surface area contributed by atoms with Crippen molar-refractivity contribution in [1.82, 2.24) is 15.3 Å². The van der Waals surface area contributed by atoms with Crippen LogP contribution in [0.4, 0.5) is 11.8 Å². The number of amides is 1. The standard InChI is InChI=1S/C17H21N5O2/c1-11(23)20-15-10-22(17-19-8-7-16(18)21-17)9-14(15)12-3-5-13(24-2)6-4-12/h3-8,14-15H,9-10H2,1-2H3,(H,20,23)(H2,18,19,21)/t14-,15+/m0/s1. The molecule has 7 nitrogen and oxygen atoms in total. The van der Waals surface area contributed by atoms with Crippen molar-refractivity contribution in [2.75, 3.05) is 30.8 Å². The van der Waals surface area contributed by atoms with Gasteiger partial charge in [0.1, 0.15) is 11.6 Å². The lowest BCUT2D eigenvalue weighted by atomic mass is 9.94. The molecule has 0 aliphatic carbocycles. The number of ether oxygens (including phenoxy) is 1. The van der Waals surface area contributed by atoms with Gasteiger partial charge in [-0.15, -0.1) is 0 Å². The van der Waals surface area contributed by atoms with Gasteiger partial charge >= 0.3 is 0 Å². The van der Waals surface area contributed by atoms with Crippen LogP contribution in [0, 0.1) is 0 Å². The molecule has 7 heteroatoms. The predicted octanol–water partition coefficient (Wildman–Crippen LogP) is 1.18. The monoisotopic (exact) mass is 327 g/mol. The lowest BCUT2D eigenvalue weighted by Gasteiger charge is -2.19. The quantitative estimate of drug-likeness (QED) is 0.876. The Morgan fingerprint density at radius 3 is 2.67 bits per heavy atom. The molecule has 1 aliphatic rings. The summed E-state index contributed by atoms with van der Waals surface area (Å²) in [5, 5.41) is 3.03. The fourth-order valence-electron chi connectivity index (χ4n) is 3.08.